The number of aromatic nitrogens is 2. The van der Waals surface area contributed by atoms with Crippen molar-refractivity contribution in [3.05, 3.63) is 59.8 Å². The number of aromatic amines is 1. The van der Waals surface area contributed by atoms with Gasteiger partial charge < -0.3 is 14.4 Å². The lowest BCUT2D eigenvalue weighted by Crippen LogP contribution is -2.30. The van der Waals surface area contributed by atoms with Crippen LogP contribution in [-0.2, 0) is 16.1 Å². The zero-order chi connectivity index (χ0) is 18.5. The Bertz CT molecular complexity index is 935. The molecule has 0 unspecified atom stereocenters. The molecule has 7 nitrogen and oxygen atoms in total. The van der Waals surface area contributed by atoms with Crippen LogP contribution in [0.1, 0.15) is 16.1 Å². The number of ether oxygens (including phenoxy) is 2. The van der Waals surface area contributed by atoms with E-state index in [1.807, 2.05) is 42.5 Å². The number of H-pyrrole nitrogens is 1. The van der Waals surface area contributed by atoms with E-state index in [4.69, 9.17) is 9.47 Å². The summed E-state index contributed by atoms with van der Waals surface area (Å²) < 4.78 is 10.3. The molecule has 3 aromatic rings. The van der Waals surface area contributed by atoms with Gasteiger partial charge in [0.05, 0.1) is 12.6 Å². The van der Waals surface area contributed by atoms with Crippen molar-refractivity contribution in [2.45, 2.75) is 6.54 Å². The van der Waals surface area contributed by atoms with Gasteiger partial charge in [0, 0.05) is 19.0 Å². The number of para-hydroxylation sites is 1. The molecule has 0 saturated heterocycles. The molecule has 134 valence electrons. The third-order valence-corrected chi connectivity index (χ3v) is 3.97. The lowest BCUT2D eigenvalue weighted by Gasteiger charge is -2.17. The molecule has 0 spiro atoms. The van der Waals surface area contributed by atoms with Crippen molar-refractivity contribution in [3.63, 3.8) is 0 Å². The van der Waals surface area contributed by atoms with Gasteiger partial charge in [-0.2, -0.15) is 5.10 Å². The fourth-order valence-electron chi connectivity index (χ4n) is 2.56. The fraction of sp³-hybridized carbons (Fsp3) is 0.211. The van der Waals surface area contributed by atoms with E-state index in [0.29, 0.717) is 11.9 Å². The summed E-state index contributed by atoms with van der Waals surface area (Å²) in [6, 6.07) is 14.7. The fourth-order valence-corrected chi connectivity index (χ4v) is 2.56. The lowest BCUT2D eigenvalue weighted by atomic mass is 10.2. The van der Waals surface area contributed by atoms with Crippen LogP contribution in [0.4, 0.5) is 0 Å². The first-order valence-corrected chi connectivity index (χ1v) is 8.05. The van der Waals surface area contributed by atoms with E-state index in [1.165, 1.54) is 4.90 Å². The van der Waals surface area contributed by atoms with Crippen LogP contribution < -0.4 is 4.74 Å². The number of fused-ring (bicyclic) bond motifs is 1. The van der Waals surface area contributed by atoms with E-state index in [-0.39, 0.29) is 18.2 Å². The second-order valence-electron chi connectivity index (χ2n) is 5.80. The van der Waals surface area contributed by atoms with Gasteiger partial charge in [0.2, 0.25) is 0 Å². The molecule has 2 aromatic carbocycles. The summed E-state index contributed by atoms with van der Waals surface area (Å²) >= 11 is 0. The van der Waals surface area contributed by atoms with Gasteiger partial charge in [0.25, 0.3) is 5.91 Å². The van der Waals surface area contributed by atoms with Gasteiger partial charge in [-0.05, 0) is 23.8 Å². The number of carbonyl (C=O) groups excluding carboxylic acids is 2. The van der Waals surface area contributed by atoms with Crippen LogP contribution >= 0.6 is 0 Å². The van der Waals surface area contributed by atoms with Crippen LogP contribution in [0.2, 0.25) is 0 Å². The summed E-state index contributed by atoms with van der Waals surface area (Å²) in [5.74, 6) is -0.216. The number of amides is 1. The van der Waals surface area contributed by atoms with Gasteiger partial charge in [-0.1, -0.05) is 30.3 Å². The minimum Gasteiger partial charge on any atom is -0.497 e. The third-order valence-electron chi connectivity index (χ3n) is 3.97. The van der Waals surface area contributed by atoms with Gasteiger partial charge in [-0.15, -0.1) is 0 Å². The maximum Gasteiger partial charge on any atom is 0.359 e. The molecule has 1 aromatic heterocycles. The van der Waals surface area contributed by atoms with E-state index in [2.05, 4.69) is 10.2 Å². The lowest BCUT2D eigenvalue weighted by molar-refractivity contribution is -0.133. The number of methoxy groups -OCH3 is 1. The third kappa shape index (κ3) is 3.83. The summed E-state index contributed by atoms with van der Waals surface area (Å²) in [6.07, 6.45) is 0. The first-order chi connectivity index (χ1) is 12.6. The quantitative estimate of drug-likeness (QED) is 0.688. The number of nitrogens with one attached hydrogen (secondary N) is 1. The monoisotopic (exact) mass is 353 g/mol. The van der Waals surface area contributed by atoms with Gasteiger partial charge in [0.1, 0.15) is 5.75 Å². The van der Waals surface area contributed by atoms with Crippen LogP contribution in [0.15, 0.2) is 48.5 Å². The average molecular weight is 353 g/mol. The number of nitrogens with zero attached hydrogens (tertiary/aromatic N) is 2. The van der Waals surface area contributed by atoms with Crippen LogP contribution in [0.3, 0.4) is 0 Å². The Morgan fingerprint density at radius 1 is 1.15 bits per heavy atom. The Morgan fingerprint density at radius 2 is 1.96 bits per heavy atom. The van der Waals surface area contributed by atoms with E-state index in [9.17, 15) is 9.59 Å². The normalized spacial score (nSPS) is 10.5. The highest BCUT2D eigenvalue weighted by atomic mass is 16.5. The topological polar surface area (TPSA) is 84.5 Å². The van der Waals surface area contributed by atoms with Crippen molar-refractivity contribution in [2.24, 2.45) is 0 Å². The number of hydrogen-bond acceptors (Lipinski definition) is 5. The highest BCUT2D eigenvalue weighted by Crippen LogP contribution is 2.16. The molecule has 0 bridgehead atoms. The van der Waals surface area contributed by atoms with Crippen LogP contribution in [0, 0.1) is 0 Å². The van der Waals surface area contributed by atoms with Crippen LogP contribution in [0.5, 0.6) is 5.75 Å². The van der Waals surface area contributed by atoms with Gasteiger partial charge in [-0.25, -0.2) is 4.79 Å². The second-order valence-corrected chi connectivity index (χ2v) is 5.80. The van der Waals surface area contributed by atoms with Crippen molar-refractivity contribution in [1.29, 1.82) is 0 Å². The highest BCUT2D eigenvalue weighted by Gasteiger charge is 2.18. The minimum absolute atomic E-state index is 0.170. The molecule has 3 rings (SSSR count). The minimum atomic E-state index is -0.634. The Kier molecular flexibility index (Phi) is 5.17. The Labute approximate surface area is 150 Å². The van der Waals surface area contributed by atoms with Crippen molar-refractivity contribution >= 4 is 22.8 Å². The predicted octanol–water partition coefficient (Wildman–Crippen LogP) is 2.39. The van der Waals surface area contributed by atoms with Gasteiger partial charge in [-0.3, -0.25) is 9.89 Å². The van der Waals surface area contributed by atoms with E-state index >= 15 is 0 Å². The summed E-state index contributed by atoms with van der Waals surface area (Å²) in [5.41, 5.74) is 1.83. The first kappa shape index (κ1) is 17.5. The molecular formula is C19H19N3O4. The van der Waals surface area contributed by atoms with E-state index in [1.54, 1.807) is 20.2 Å². The molecule has 0 atom stereocenters. The number of benzene rings is 2. The summed E-state index contributed by atoms with van der Waals surface area (Å²) in [5, 5.41) is 7.39. The zero-order valence-electron chi connectivity index (χ0n) is 14.6. The number of carbonyl (C=O) groups is 2. The number of esters is 1. The molecule has 0 aliphatic carbocycles. The molecule has 0 saturated carbocycles. The summed E-state index contributed by atoms with van der Waals surface area (Å²) in [4.78, 5) is 25.9. The van der Waals surface area contributed by atoms with E-state index in [0.717, 1.165) is 16.8 Å². The smallest absolute Gasteiger partial charge is 0.359 e. The first-order valence-electron chi connectivity index (χ1n) is 8.05. The molecule has 0 aliphatic rings. The number of rotatable bonds is 6. The van der Waals surface area contributed by atoms with Gasteiger partial charge >= 0.3 is 5.97 Å². The molecule has 0 radical (unpaired) electrons. The van der Waals surface area contributed by atoms with E-state index < -0.39 is 5.97 Å². The second kappa shape index (κ2) is 7.69. The average Bonchev–Trinajstić information content (AvgIpc) is 3.10. The maximum atomic E-state index is 12.2. The van der Waals surface area contributed by atoms with Crippen molar-refractivity contribution < 1.29 is 19.1 Å². The molecular weight excluding hydrogens is 334 g/mol. The molecule has 1 heterocycles. The summed E-state index contributed by atoms with van der Waals surface area (Å²) in [7, 11) is 3.24. The van der Waals surface area contributed by atoms with Crippen molar-refractivity contribution in [1.82, 2.24) is 15.1 Å². The highest BCUT2D eigenvalue weighted by molar-refractivity contribution is 6.02. The molecule has 26 heavy (non-hydrogen) atoms. The molecule has 0 fully saturated rings. The van der Waals surface area contributed by atoms with Crippen LogP contribution in [-0.4, -0.2) is 47.7 Å². The van der Waals surface area contributed by atoms with Crippen LogP contribution in [0.25, 0.3) is 10.9 Å². The Hall–Kier alpha value is -3.35. The predicted molar refractivity (Wildman–Crippen MR) is 95.8 cm³/mol. The number of hydrogen-bond donors (Lipinski definition) is 1. The summed E-state index contributed by atoms with van der Waals surface area (Å²) in [6.45, 7) is 0.0411. The molecule has 7 heteroatoms. The molecule has 1 N–H and O–H groups in total. The zero-order valence-corrected chi connectivity index (χ0v) is 14.6. The standard InChI is InChI=1S/C19H19N3O4/c1-22(11-13-6-5-7-14(10-13)25-2)17(23)12-26-19(24)18-15-8-3-4-9-16(15)20-21-18/h3-10H,11-12H2,1-2H3,(H,20,21). The SMILES string of the molecule is COc1cccc(CN(C)C(=O)COC(=O)c2n[nH]c3ccccc23)c1. The molecule has 1 amide bonds. The van der Waals surface area contributed by atoms with Crippen molar-refractivity contribution in [2.75, 3.05) is 20.8 Å². The maximum absolute atomic E-state index is 12.2. The Morgan fingerprint density at radius 3 is 2.77 bits per heavy atom. The Balaban J connectivity index is 1.58. The van der Waals surface area contributed by atoms with Gasteiger partial charge in [0.15, 0.2) is 12.3 Å². The largest absolute Gasteiger partial charge is 0.497 e. The number of likely N-dealkylation sites (N-methyl/N-ethyl adjacent to an activating group) is 1. The van der Waals surface area contributed by atoms with Crippen molar-refractivity contribution in [3.8, 4) is 5.75 Å². The molecule has 0 aliphatic heterocycles.